The fourth-order valence-electron chi connectivity index (χ4n) is 2.20. The van der Waals surface area contributed by atoms with E-state index in [-0.39, 0.29) is 4.90 Å². The maximum absolute atomic E-state index is 11.2. The largest absolute Gasteiger partial charge is 0.265 e. The molecule has 0 aliphatic heterocycles. The molecule has 1 aliphatic rings. The lowest BCUT2D eigenvalue weighted by molar-refractivity contribution is 0.455. The molecule has 0 saturated heterocycles. The van der Waals surface area contributed by atoms with E-state index in [0.717, 1.165) is 12.8 Å². The number of aromatic nitrogens is 2. The zero-order chi connectivity index (χ0) is 11.1. The second-order valence-corrected chi connectivity index (χ2v) is 5.55. The Hall–Kier alpha value is -0.880. The van der Waals surface area contributed by atoms with E-state index in [1.807, 2.05) is 0 Å². The Bertz CT molecular complexity index is 458. The Morgan fingerprint density at radius 2 is 2.07 bits per heavy atom. The van der Waals surface area contributed by atoms with E-state index in [1.165, 1.54) is 19.0 Å². The minimum atomic E-state index is -3.63. The molecule has 1 heterocycles. The molecule has 0 bridgehead atoms. The molecule has 0 amide bonds. The Kier molecular flexibility index (Phi) is 2.56. The number of rotatable bonds is 2. The monoisotopic (exact) mass is 229 g/mol. The number of hydrogen-bond acceptors (Lipinski definition) is 3. The molecule has 1 aliphatic carbocycles. The third-order valence-electron chi connectivity index (χ3n) is 2.98. The third-order valence-corrected chi connectivity index (χ3v) is 3.99. The molecule has 6 heteroatoms. The Morgan fingerprint density at radius 3 is 2.53 bits per heavy atom. The minimum absolute atomic E-state index is 0.148. The molecule has 0 unspecified atom stereocenters. The van der Waals surface area contributed by atoms with Crippen LogP contribution in [0.4, 0.5) is 0 Å². The lowest BCUT2D eigenvalue weighted by Crippen LogP contribution is -2.14. The van der Waals surface area contributed by atoms with E-state index >= 15 is 0 Å². The van der Waals surface area contributed by atoms with E-state index in [9.17, 15) is 8.42 Å². The standard InChI is InChI=1S/C9H15N3O2S/c1-7-9(15(10,13)14)6-11-12(7)8-4-2-3-5-8/h6,8H,2-5H2,1H3,(H2,10,13,14). The molecule has 2 rings (SSSR count). The van der Waals surface area contributed by atoms with Crippen LogP contribution in [0.3, 0.4) is 0 Å². The maximum Gasteiger partial charge on any atom is 0.241 e. The summed E-state index contributed by atoms with van der Waals surface area (Å²) in [6, 6.07) is 0.348. The van der Waals surface area contributed by atoms with Gasteiger partial charge in [0.05, 0.1) is 17.9 Å². The Morgan fingerprint density at radius 1 is 1.47 bits per heavy atom. The summed E-state index contributed by atoms with van der Waals surface area (Å²) in [5.41, 5.74) is 0.657. The number of nitrogens with two attached hydrogens (primary N) is 1. The smallest absolute Gasteiger partial charge is 0.241 e. The van der Waals surface area contributed by atoms with E-state index in [4.69, 9.17) is 5.14 Å². The second-order valence-electron chi connectivity index (χ2n) is 4.02. The predicted octanol–water partition coefficient (Wildman–Crippen LogP) is 0.954. The maximum atomic E-state index is 11.2. The zero-order valence-electron chi connectivity index (χ0n) is 8.68. The van der Waals surface area contributed by atoms with Crippen LogP contribution < -0.4 is 5.14 Å². The third kappa shape index (κ3) is 1.91. The highest BCUT2D eigenvalue weighted by molar-refractivity contribution is 7.89. The first kappa shape index (κ1) is 10.6. The summed E-state index contributed by atoms with van der Waals surface area (Å²) in [5, 5.41) is 9.21. The first-order chi connectivity index (χ1) is 7.00. The molecule has 84 valence electrons. The van der Waals surface area contributed by atoms with E-state index in [2.05, 4.69) is 5.10 Å². The Balaban J connectivity index is 2.39. The van der Waals surface area contributed by atoms with Crippen molar-refractivity contribution < 1.29 is 8.42 Å². The van der Waals surface area contributed by atoms with Gasteiger partial charge in [0.25, 0.3) is 0 Å². The first-order valence-corrected chi connectivity index (χ1v) is 6.61. The van der Waals surface area contributed by atoms with Gasteiger partial charge in [-0.25, -0.2) is 13.6 Å². The van der Waals surface area contributed by atoms with Crippen molar-refractivity contribution in [1.82, 2.24) is 9.78 Å². The van der Waals surface area contributed by atoms with Gasteiger partial charge in [0.2, 0.25) is 10.0 Å². The van der Waals surface area contributed by atoms with Gasteiger partial charge in [-0.2, -0.15) is 5.10 Å². The second kappa shape index (κ2) is 3.61. The van der Waals surface area contributed by atoms with Crippen molar-refractivity contribution in [2.24, 2.45) is 5.14 Å². The van der Waals surface area contributed by atoms with Crippen molar-refractivity contribution >= 4 is 10.0 Å². The van der Waals surface area contributed by atoms with Gasteiger partial charge in [0.1, 0.15) is 4.90 Å². The van der Waals surface area contributed by atoms with Gasteiger partial charge >= 0.3 is 0 Å². The molecule has 0 spiro atoms. The summed E-state index contributed by atoms with van der Waals surface area (Å²) >= 11 is 0. The van der Waals surface area contributed by atoms with Crippen molar-refractivity contribution in [3.8, 4) is 0 Å². The van der Waals surface area contributed by atoms with Gasteiger partial charge in [-0.05, 0) is 19.8 Å². The van der Waals surface area contributed by atoms with Gasteiger partial charge in [-0.15, -0.1) is 0 Å². The van der Waals surface area contributed by atoms with Gasteiger partial charge < -0.3 is 0 Å². The quantitative estimate of drug-likeness (QED) is 0.820. The topological polar surface area (TPSA) is 78.0 Å². The molecule has 0 atom stereocenters. The van der Waals surface area contributed by atoms with Crippen LogP contribution in [0, 0.1) is 6.92 Å². The van der Waals surface area contributed by atoms with Crippen LogP contribution in [-0.2, 0) is 10.0 Å². The van der Waals surface area contributed by atoms with Gasteiger partial charge in [0, 0.05) is 0 Å². The molecule has 1 aromatic heterocycles. The van der Waals surface area contributed by atoms with Gasteiger partial charge in [-0.1, -0.05) is 12.8 Å². The normalized spacial score (nSPS) is 18.5. The lowest BCUT2D eigenvalue weighted by Gasteiger charge is -2.12. The summed E-state index contributed by atoms with van der Waals surface area (Å²) < 4.78 is 24.2. The van der Waals surface area contributed by atoms with E-state index in [0.29, 0.717) is 11.7 Å². The van der Waals surface area contributed by atoms with Crippen LogP contribution in [-0.4, -0.2) is 18.2 Å². The lowest BCUT2D eigenvalue weighted by atomic mass is 10.2. The number of sulfonamides is 1. The molecule has 1 aromatic rings. The van der Waals surface area contributed by atoms with Crippen LogP contribution in [0.5, 0.6) is 0 Å². The van der Waals surface area contributed by atoms with Gasteiger partial charge in [-0.3, -0.25) is 4.68 Å². The average molecular weight is 229 g/mol. The van der Waals surface area contributed by atoms with Crippen LogP contribution >= 0.6 is 0 Å². The molecule has 1 saturated carbocycles. The molecule has 2 N–H and O–H groups in total. The summed E-state index contributed by atoms with van der Waals surface area (Å²) in [7, 11) is -3.63. The summed E-state index contributed by atoms with van der Waals surface area (Å²) in [5.74, 6) is 0. The average Bonchev–Trinajstić information content (AvgIpc) is 2.69. The molecule has 1 fully saturated rings. The first-order valence-electron chi connectivity index (χ1n) is 5.07. The molecule has 15 heavy (non-hydrogen) atoms. The minimum Gasteiger partial charge on any atom is -0.265 e. The highest BCUT2D eigenvalue weighted by Gasteiger charge is 2.23. The van der Waals surface area contributed by atoms with Crippen molar-refractivity contribution in [3.05, 3.63) is 11.9 Å². The number of nitrogens with zero attached hydrogens (tertiary/aromatic N) is 2. The van der Waals surface area contributed by atoms with Crippen LogP contribution in [0.25, 0.3) is 0 Å². The fourth-order valence-corrected chi connectivity index (χ4v) is 2.90. The van der Waals surface area contributed by atoms with Crippen LogP contribution in [0.2, 0.25) is 0 Å². The Labute approximate surface area is 89.3 Å². The number of primary sulfonamides is 1. The van der Waals surface area contributed by atoms with Crippen molar-refractivity contribution in [1.29, 1.82) is 0 Å². The van der Waals surface area contributed by atoms with Crippen LogP contribution in [0.1, 0.15) is 37.4 Å². The summed E-state index contributed by atoms with van der Waals surface area (Å²) in [6.07, 6.45) is 5.88. The van der Waals surface area contributed by atoms with Crippen molar-refractivity contribution in [3.63, 3.8) is 0 Å². The summed E-state index contributed by atoms with van der Waals surface area (Å²) in [4.78, 5) is 0.148. The SMILES string of the molecule is Cc1c(S(N)(=O)=O)cnn1C1CCCC1. The highest BCUT2D eigenvalue weighted by Crippen LogP contribution is 2.30. The number of hydrogen-bond donors (Lipinski definition) is 1. The van der Waals surface area contributed by atoms with E-state index < -0.39 is 10.0 Å². The van der Waals surface area contributed by atoms with Crippen LogP contribution in [0.15, 0.2) is 11.1 Å². The predicted molar refractivity (Wildman–Crippen MR) is 55.8 cm³/mol. The van der Waals surface area contributed by atoms with E-state index in [1.54, 1.807) is 11.6 Å². The summed E-state index contributed by atoms with van der Waals surface area (Å²) in [6.45, 7) is 1.76. The molecular formula is C9H15N3O2S. The molecular weight excluding hydrogens is 214 g/mol. The van der Waals surface area contributed by atoms with Crippen molar-refractivity contribution in [2.45, 2.75) is 43.5 Å². The molecule has 5 nitrogen and oxygen atoms in total. The highest BCUT2D eigenvalue weighted by atomic mass is 32.2. The fraction of sp³-hybridized carbons (Fsp3) is 0.667. The van der Waals surface area contributed by atoms with Crippen molar-refractivity contribution in [2.75, 3.05) is 0 Å². The van der Waals surface area contributed by atoms with Gasteiger partial charge in [0.15, 0.2) is 0 Å². The zero-order valence-corrected chi connectivity index (χ0v) is 9.50. The molecule has 0 aromatic carbocycles. The molecule has 0 radical (unpaired) electrons.